The normalized spacial score (nSPS) is 22.7. The van der Waals surface area contributed by atoms with Gasteiger partial charge in [-0.2, -0.15) is 0 Å². The highest BCUT2D eigenvalue weighted by Gasteiger charge is 2.33. The first-order valence-corrected chi connectivity index (χ1v) is 5.71. The zero-order valence-corrected chi connectivity index (χ0v) is 10.6. The van der Waals surface area contributed by atoms with Crippen LogP contribution in [0.1, 0.15) is 24.8 Å². The van der Waals surface area contributed by atoms with Gasteiger partial charge in [0.2, 0.25) is 5.75 Å². The molecule has 0 saturated carbocycles. The zero-order valence-electron chi connectivity index (χ0n) is 10.6. The van der Waals surface area contributed by atoms with Crippen LogP contribution in [-0.2, 0) is 9.53 Å². The minimum Gasteiger partial charge on any atom is -0.502 e. The molecule has 0 unspecified atom stereocenters. The lowest BCUT2D eigenvalue weighted by molar-refractivity contribution is -0.140. The van der Waals surface area contributed by atoms with E-state index in [4.69, 9.17) is 14.2 Å². The number of phenolic OH excluding ortho intramolecular Hbond substituents is 1. The first-order chi connectivity index (χ1) is 8.56. The molecule has 98 valence electrons. The molecule has 0 amide bonds. The topological polar surface area (TPSA) is 65.0 Å². The van der Waals surface area contributed by atoms with Gasteiger partial charge in [-0.15, -0.1) is 0 Å². The van der Waals surface area contributed by atoms with Crippen molar-refractivity contribution in [3.8, 4) is 17.2 Å². The molecule has 1 aromatic rings. The first-order valence-electron chi connectivity index (χ1n) is 5.71. The Labute approximate surface area is 105 Å². The minimum atomic E-state index is -0.210. The van der Waals surface area contributed by atoms with Crippen molar-refractivity contribution in [2.24, 2.45) is 0 Å². The Morgan fingerprint density at radius 3 is 2.22 bits per heavy atom. The van der Waals surface area contributed by atoms with Crippen LogP contribution in [0.4, 0.5) is 0 Å². The van der Waals surface area contributed by atoms with E-state index in [2.05, 4.69) is 0 Å². The second-order valence-electron chi connectivity index (χ2n) is 4.28. The summed E-state index contributed by atoms with van der Waals surface area (Å²) in [7, 11) is 2.94. The fourth-order valence-corrected chi connectivity index (χ4v) is 2.20. The average Bonchev–Trinajstić information content (AvgIpc) is 2.69. The molecule has 0 spiro atoms. The second-order valence-corrected chi connectivity index (χ2v) is 4.28. The van der Waals surface area contributed by atoms with Crippen molar-refractivity contribution in [1.29, 1.82) is 0 Å². The SMILES string of the molecule is COc1cc([C@@H]2CC(=O)O[C@H]2C)cc(OC)c1O. The van der Waals surface area contributed by atoms with Crippen molar-refractivity contribution in [1.82, 2.24) is 0 Å². The average molecular weight is 252 g/mol. The fraction of sp³-hybridized carbons (Fsp3) is 0.462. The molecule has 1 saturated heterocycles. The summed E-state index contributed by atoms with van der Waals surface area (Å²) in [6.07, 6.45) is 0.148. The minimum absolute atomic E-state index is 0.0401. The Hall–Kier alpha value is -1.91. The molecule has 1 aliphatic heterocycles. The summed E-state index contributed by atoms with van der Waals surface area (Å²) in [5.41, 5.74) is 0.861. The summed E-state index contributed by atoms with van der Waals surface area (Å²) in [4.78, 5) is 11.3. The van der Waals surface area contributed by atoms with E-state index in [0.717, 1.165) is 5.56 Å². The molecule has 1 fully saturated rings. The maximum absolute atomic E-state index is 11.3. The van der Waals surface area contributed by atoms with E-state index in [-0.39, 0.29) is 23.7 Å². The molecular weight excluding hydrogens is 236 g/mol. The van der Waals surface area contributed by atoms with Gasteiger partial charge in [-0.1, -0.05) is 0 Å². The van der Waals surface area contributed by atoms with Crippen LogP contribution >= 0.6 is 0 Å². The summed E-state index contributed by atoms with van der Waals surface area (Å²) in [5.74, 6) is 0.368. The number of methoxy groups -OCH3 is 2. The number of aromatic hydroxyl groups is 1. The monoisotopic (exact) mass is 252 g/mol. The van der Waals surface area contributed by atoms with Gasteiger partial charge in [0.1, 0.15) is 6.10 Å². The Kier molecular flexibility index (Phi) is 3.32. The summed E-state index contributed by atoms with van der Waals surface area (Å²) in [5, 5.41) is 9.83. The van der Waals surface area contributed by atoms with Crippen LogP contribution in [0.3, 0.4) is 0 Å². The number of cyclic esters (lactones) is 1. The number of ether oxygens (including phenoxy) is 3. The third-order valence-corrected chi connectivity index (χ3v) is 3.20. The molecule has 0 radical (unpaired) electrons. The Bertz CT molecular complexity index is 443. The van der Waals surface area contributed by atoms with E-state index in [1.165, 1.54) is 14.2 Å². The van der Waals surface area contributed by atoms with Gasteiger partial charge in [0.15, 0.2) is 11.5 Å². The molecule has 5 heteroatoms. The third-order valence-electron chi connectivity index (χ3n) is 3.20. The Morgan fingerprint density at radius 1 is 1.28 bits per heavy atom. The van der Waals surface area contributed by atoms with E-state index < -0.39 is 0 Å². The van der Waals surface area contributed by atoms with Crippen molar-refractivity contribution >= 4 is 5.97 Å². The highest BCUT2D eigenvalue weighted by atomic mass is 16.5. The quantitative estimate of drug-likeness (QED) is 0.831. The van der Waals surface area contributed by atoms with Gasteiger partial charge in [-0.25, -0.2) is 0 Å². The van der Waals surface area contributed by atoms with Gasteiger partial charge in [-0.05, 0) is 24.6 Å². The smallest absolute Gasteiger partial charge is 0.306 e. The summed E-state index contributed by atoms with van der Waals surface area (Å²) >= 11 is 0. The lowest BCUT2D eigenvalue weighted by Crippen LogP contribution is -2.09. The Morgan fingerprint density at radius 2 is 1.83 bits per heavy atom. The van der Waals surface area contributed by atoms with E-state index in [9.17, 15) is 9.90 Å². The number of benzene rings is 1. The van der Waals surface area contributed by atoms with Crippen molar-refractivity contribution < 1.29 is 24.1 Å². The Balaban J connectivity index is 2.42. The third kappa shape index (κ3) is 2.08. The summed E-state index contributed by atoms with van der Waals surface area (Å²) in [6.45, 7) is 1.85. The van der Waals surface area contributed by atoms with Crippen LogP contribution in [0.15, 0.2) is 12.1 Å². The van der Waals surface area contributed by atoms with Crippen molar-refractivity contribution in [3.05, 3.63) is 17.7 Å². The molecule has 5 nitrogen and oxygen atoms in total. The van der Waals surface area contributed by atoms with Gasteiger partial charge in [0, 0.05) is 5.92 Å². The van der Waals surface area contributed by atoms with Crippen LogP contribution in [0.2, 0.25) is 0 Å². The lowest BCUT2D eigenvalue weighted by atomic mass is 9.92. The maximum Gasteiger partial charge on any atom is 0.306 e. The number of phenols is 1. The number of carbonyl (C=O) groups excluding carboxylic acids is 1. The summed E-state index contributed by atoms with van der Waals surface area (Å²) in [6, 6.07) is 3.42. The first kappa shape index (κ1) is 12.5. The van der Waals surface area contributed by atoms with Crippen LogP contribution in [0.5, 0.6) is 17.2 Å². The molecule has 18 heavy (non-hydrogen) atoms. The highest BCUT2D eigenvalue weighted by Crippen LogP contribution is 2.42. The van der Waals surface area contributed by atoms with Gasteiger partial charge in [0.25, 0.3) is 0 Å². The molecule has 2 rings (SSSR count). The van der Waals surface area contributed by atoms with E-state index in [1.807, 2.05) is 6.92 Å². The number of carbonyl (C=O) groups is 1. The van der Waals surface area contributed by atoms with Gasteiger partial charge in [-0.3, -0.25) is 4.79 Å². The molecule has 0 aliphatic carbocycles. The number of rotatable bonds is 3. The molecule has 1 N–H and O–H groups in total. The molecule has 0 bridgehead atoms. The number of hydrogen-bond donors (Lipinski definition) is 1. The van der Waals surface area contributed by atoms with Crippen molar-refractivity contribution in [3.63, 3.8) is 0 Å². The van der Waals surface area contributed by atoms with E-state index in [1.54, 1.807) is 12.1 Å². The van der Waals surface area contributed by atoms with Gasteiger partial charge in [0.05, 0.1) is 20.6 Å². The summed E-state index contributed by atoms with van der Waals surface area (Å²) < 4.78 is 15.3. The van der Waals surface area contributed by atoms with Gasteiger partial charge >= 0.3 is 5.97 Å². The van der Waals surface area contributed by atoms with Crippen LogP contribution in [-0.4, -0.2) is 31.4 Å². The van der Waals surface area contributed by atoms with Crippen molar-refractivity contribution in [2.45, 2.75) is 25.4 Å². The lowest BCUT2D eigenvalue weighted by Gasteiger charge is -2.16. The predicted octanol–water partition coefficient (Wildman–Crippen LogP) is 1.83. The molecule has 1 heterocycles. The van der Waals surface area contributed by atoms with Crippen LogP contribution < -0.4 is 9.47 Å². The van der Waals surface area contributed by atoms with Gasteiger partial charge < -0.3 is 19.3 Å². The molecule has 2 atom stereocenters. The number of hydrogen-bond acceptors (Lipinski definition) is 5. The van der Waals surface area contributed by atoms with Crippen molar-refractivity contribution in [2.75, 3.05) is 14.2 Å². The highest BCUT2D eigenvalue weighted by molar-refractivity contribution is 5.73. The van der Waals surface area contributed by atoms with Crippen LogP contribution in [0, 0.1) is 0 Å². The van der Waals surface area contributed by atoms with E-state index in [0.29, 0.717) is 17.9 Å². The zero-order chi connectivity index (χ0) is 13.3. The molecule has 0 aromatic heterocycles. The molecular formula is C13H16O5. The largest absolute Gasteiger partial charge is 0.502 e. The standard InChI is InChI=1S/C13H16O5/c1-7-9(6-12(14)18-7)8-4-10(16-2)13(15)11(5-8)17-3/h4-5,7,9,15H,6H2,1-3H3/t7-,9+/m0/s1. The molecule has 1 aromatic carbocycles. The maximum atomic E-state index is 11.3. The van der Waals surface area contributed by atoms with E-state index >= 15 is 0 Å². The predicted molar refractivity (Wildman–Crippen MR) is 64.1 cm³/mol. The fourth-order valence-electron chi connectivity index (χ4n) is 2.20. The van der Waals surface area contributed by atoms with Crippen LogP contribution in [0.25, 0.3) is 0 Å². The number of esters is 1. The molecule has 1 aliphatic rings. The second kappa shape index (κ2) is 4.76.